The molecule has 0 fully saturated rings. The maximum Gasteiger partial charge on any atom is 0.0460 e. The molecule has 0 saturated heterocycles. The van der Waals surface area contributed by atoms with Crippen molar-refractivity contribution in [3.63, 3.8) is 0 Å². The maximum atomic E-state index is 5.83. The van der Waals surface area contributed by atoms with Crippen molar-refractivity contribution in [1.29, 1.82) is 0 Å². The normalized spacial score (nSPS) is 13.4. The van der Waals surface area contributed by atoms with Crippen LogP contribution in [0.1, 0.15) is 36.6 Å². The summed E-state index contributed by atoms with van der Waals surface area (Å²) in [5, 5.41) is 2.04. The summed E-state index contributed by atoms with van der Waals surface area (Å²) in [6.45, 7) is 6.56. The van der Waals surface area contributed by atoms with Crippen LogP contribution in [0.15, 0.2) is 5.38 Å². The quantitative estimate of drug-likeness (QED) is 0.723. The second kappa shape index (κ2) is 3.26. The minimum atomic E-state index is 0.612. The minimum absolute atomic E-state index is 0.612. The van der Waals surface area contributed by atoms with E-state index in [0.29, 0.717) is 5.92 Å². The van der Waals surface area contributed by atoms with Gasteiger partial charge < -0.3 is 5.73 Å². The summed E-state index contributed by atoms with van der Waals surface area (Å²) < 4.78 is 0. The third kappa shape index (κ3) is 1.56. The van der Waals surface area contributed by atoms with Crippen molar-refractivity contribution in [2.45, 2.75) is 33.1 Å². The van der Waals surface area contributed by atoms with Crippen LogP contribution in [-0.4, -0.2) is 0 Å². The zero-order valence-corrected chi connectivity index (χ0v) is 8.16. The third-order valence-electron chi connectivity index (χ3n) is 2.16. The van der Waals surface area contributed by atoms with Crippen molar-refractivity contribution < 1.29 is 0 Å². The number of anilines is 1. The Labute approximate surface area is 72.2 Å². The van der Waals surface area contributed by atoms with E-state index in [-0.39, 0.29) is 0 Å². The maximum absolute atomic E-state index is 5.83. The summed E-state index contributed by atoms with van der Waals surface area (Å²) >= 11 is 1.75. The lowest BCUT2D eigenvalue weighted by molar-refractivity contribution is 0.734. The molecule has 0 radical (unpaired) electrons. The lowest BCUT2D eigenvalue weighted by atomic mass is 9.98. The molecule has 11 heavy (non-hydrogen) atoms. The Morgan fingerprint density at radius 1 is 1.64 bits per heavy atom. The lowest BCUT2D eigenvalue weighted by Crippen LogP contribution is -1.96. The first-order valence-corrected chi connectivity index (χ1v) is 4.88. The number of nitrogen functional groups attached to an aromatic ring is 1. The highest BCUT2D eigenvalue weighted by Crippen LogP contribution is 2.32. The first-order chi connectivity index (χ1) is 5.16. The van der Waals surface area contributed by atoms with Crippen molar-refractivity contribution in [2.75, 3.05) is 5.73 Å². The Morgan fingerprint density at radius 3 is 2.64 bits per heavy atom. The van der Waals surface area contributed by atoms with Crippen LogP contribution in [0.2, 0.25) is 0 Å². The minimum Gasteiger partial charge on any atom is -0.398 e. The molecule has 0 aliphatic heterocycles. The van der Waals surface area contributed by atoms with Gasteiger partial charge in [0, 0.05) is 15.9 Å². The molecule has 0 saturated carbocycles. The van der Waals surface area contributed by atoms with Gasteiger partial charge in [-0.2, -0.15) is 0 Å². The smallest absolute Gasteiger partial charge is 0.0460 e. The Balaban J connectivity index is 3.00. The standard InChI is InChI=1S/C9H15NS/c1-4-6(2)9-7(3)11-5-8(9)10/h5-6H,4,10H2,1-3H3. The highest BCUT2D eigenvalue weighted by Gasteiger charge is 2.11. The molecule has 62 valence electrons. The first-order valence-electron chi connectivity index (χ1n) is 4.00. The average Bonchev–Trinajstić information content (AvgIpc) is 2.30. The fourth-order valence-corrected chi connectivity index (χ4v) is 2.19. The Morgan fingerprint density at radius 2 is 2.27 bits per heavy atom. The van der Waals surface area contributed by atoms with E-state index in [4.69, 9.17) is 5.73 Å². The molecule has 2 heteroatoms. The number of hydrogen-bond donors (Lipinski definition) is 1. The Kier molecular flexibility index (Phi) is 2.55. The summed E-state index contributed by atoms with van der Waals surface area (Å²) in [6.07, 6.45) is 1.17. The van der Waals surface area contributed by atoms with E-state index in [9.17, 15) is 0 Å². The highest BCUT2D eigenvalue weighted by molar-refractivity contribution is 7.10. The number of rotatable bonds is 2. The molecule has 0 aromatic carbocycles. The van der Waals surface area contributed by atoms with Gasteiger partial charge in [0.15, 0.2) is 0 Å². The van der Waals surface area contributed by atoms with E-state index in [1.165, 1.54) is 16.9 Å². The van der Waals surface area contributed by atoms with E-state index in [2.05, 4.69) is 20.8 Å². The average molecular weight is 169 g/mol. The van der Waals surface area contributed by atoms with Crippen LogP contribution in [0.3, 0.4) is 0 Å². The molecule has 1 atom stereocenters. The molecule has 1 heterocycles. The van der Waals surface area contributed by atoms with E-state index in [1.54, 1.807) is 11.3 Å². The van der Waals surface area contributed by atoms with Crippen LogP contribution in [0, 0.1) is 6.92 Å². The first kappa shape index (κ1) is 8.60. The van der Waals surface area contributed by atoms with Crippen molar-refractivity contribution in [2.24, 2.45) is 0 Å². The van der Waals surface area contributed by atoms with Crippen LogP contribution < -0.4 is 5.73 Å². The predicted octanol–water partition coefficient (Wildman–Crippen LogP) is 3.15. The second-order valence-electron chi connectivity index (χ2n) is 2.97. The molecule has 1 nitrogen and oxygen atoms in total. The van der Waals surface area contributed by atoms with E-state index < -0.39 is 0 Å². The molecule has 1 unspecified atom stereocenters. The zero-order chi connectivity index (χ0) is 8.43. The van der Waals surface area contributed by atoms with Gasteiger partial charge in [0.1, 0.15) is 0 Å². The van der Waals surface area contributed by atoms with Crippen molar-refractivity contribution in [3.05, 3.63) is 15.8 Å². The molecular weight excluding hydrogens is 154 g/mol. The van der Waals surface area contributed by atoms with Crippen LogP contribution in [-0.2, 0) is 0 Å². The molecule has 2 N–H and O–H groups in total. The van der Waals surface area contributed by atoms with Gasteiger partial charge in [-0.3, -0.25) is 0 Å². The van der Waals surface area contributed by atoms with Crippen LogP contribution >= 0.6 is 11.3 Å². The van der Waals surface area contributed by atoms with E-state index in [0.717, 1.165) is 5.69 Å². The SMILES string of the molecule is CCC(C)c1c(N)csc1C. The fourth-order valence-electron chi connectivity index (χ4n) is 1.32. The highest BCUT2D eigenvalue weighted by atomic mass is 32.1. The molecule has 0 spiro atoms. The van der Waals surface area contributed by atoms with Gasteiger partial charge >= 0.3 is 0 Å². The molecule has 0 aliphatic carbocycles. The van der Waals surface area contributed by atoms with Gasteiger partial charge in [0.2, 0.25) is 0 Å². The van der Waals surface area contributed by atoms with Gasteiger partial charge in [0.25, 0.3) is 0 Å². The summed E-state index contributed by atoms with van der Waals surface area (Å²) in [5.74, 6) is 0.612. The van der Waals surface area contributed by atoms with Gasteiger partial charge in [-0.05, 0) is 24.8 Å². The summed E-state index contributed by atoms with van der Waals surface area (Å²) in [6, 6.07) is 0. The monoisotopic (exact) mass is 169 g/mol. The van der Waals surface area contributed by atoms with Crippen molar-refractivity contribution in [1.82, 2.24) is 0 Å². The Hall–Kier alpha value is -0.500. The molecule has 1 rings (SSSR count). The zero-order valence-electron chi connectivity index (χ0n) is 7.35. The number of aryl methyl sites for hydroxylation is 1. The molecule has 0 aliphatic rings. The third-order valence-corrected chi connectivity index (χ3v) is 3.10. The van der Waals surface area contributed by atoms with Gasteiger partial charge in [0.05, 0.1) is 0 Å². The van der Waals surface area contributed by atoms with Crippen LogP contribution in [0.5, 0.6) is 0 Å². The van der Waals surface area contributed by atoms with E-state index >= 15 is 0 Å². The lowest BCUT2D eigenvalue weighted by Gasteiger charge is -2.08. The summed E-state index contributed by atoms with van der Waals surface area (Å²) in [7, 11) is 0. The number of thiophene rings is 1. The van der Waals surface area contributed by atoms with Gasteiger partial charge in [-0.25, -0.2) is 0 Å². The summed E-state index contributed by atoms with van der Waals surface area (Å²) in [5.41, 5.74) is 8.16. The molecule has 0 amide bonds. The van der Waals surface area contributed by atoms with Crippen molar-refractivity contribution in [3.8, 4) is 0 Å². The number of nitrogens with two attached hydrogens (primary N) is 1. The van der Waals surface area contributed by atoms with Crippen molar-refractivity contribution >= 4 is 17.0 Å². The predicted molar refractivity (Wildman–Crippen MR) is 52.2 cm³/mol. The second-order valence-corrected chi connectivity index (χ2v) is 4.05. The summed E-state index contributed by atoms with van der Waals surface area (Å²) in [4.78, 5) is 1.37. The van der Waals surface area contributed by atoms with Crippen LogP contribution in [0.4, 0.5) is 5.69 Å². The van der Waals surface area contributed by atoms with Gasteiger partial charge in [-0.15, -0.1) is 11.3 Å². The largest absolute Gasteiger partial charge is 0.398 e. The fraction of sp³-hybridized carbons (Fsp3) is 0.556. The molecular formula is C9H15NS. The number of hydrogen-bond acceptors (Lipinski definition) is 2. The van der Waals surface area contributed by atoms with Crippen LogP contribution in [0.25, 0.3) is 0 Å². The molecule has 1 aromatic rings. The molecule has 0 bridgehead atoms. The van der Waals surface area contributed by atoms with E-state index in [1.807, 2.05) is 5.38 Å². The Bertz CT molecular complexity index is 220. The topological polar surface area (TPSA) is 26.0 Å². The molecule has 1 aromatic heterocycles. The van der Waals surface area contributed by atoms with Gasteiger partial charge in [-0.1, -0.05) is 13.8 Å².